The molecule has 0 aliphatic heterocycles. The predicted octanol–water partition coefficient (Wildman–Crippen LogP) is 1.63. The molecule has 1 aromatic heterocycles. The van der Waals surface area contributed by atoms with Crippen molar-refractivity contribution in [2.45, 2.75) is 0 Å². The van der Waals surface area contributed by atoms with Crippen molar-refractivity contribution in [1.29, 1.82) is 5.26 Å². The van der Waals surface area contributed by atoms with E-state index < -0.39 is 11.7 Å². The lowest BCUT2D eigenvalue weighted by atomic mass is 10.2. The Labute approximate surface area is 114 Å². The lowest BCUT2D eigenvalue weighted by molar-refractivity contribution is 0.102. The molecular formula is C13H10FN5O. The SMILES string of the molecule is N#Cc1ccc(NC(=O)c2cc(NN)ccn2)c(F)c1. The van der Waals surface area contributed by atoms with Crippen LogP contribution in [0.4, 0.5) is 15.8 Å². The van der Waals surface area contributed by atoms with Crippen molar-refractivity contribution < 1.29 is 9.18 Å². The summed E-state index contributed by atoms with van der Waals surface area (Å²) in [4.78, 5) is 15.8. The first kappa shape index (κ1) is 13.5. The van der Waals surface area contributed by atoms with Gasteiger partial charge >= 0.3 is 0 Å². The maximum Gasteiger partial charge on any atom is 0.274 e. The van der Waals surface area contributed by atoms with Crippen molar-refractivity contribution in [3.63, 3.8) is 0 Å². The van der Waals surface area contributed by atoms with E-state index in [1.54, 1.807) is 6.07 Å². The predicted molar refractivity (Wildman–Crippen MR) is 71.1 cm³/mol. The summed E-state index contributed by atoms with van der Waals surface area (Å²) < 4.78 is 13.6. The highest BCUT2D eigenvalue weighted by molar-refractivity contribution is 6.03. The molecule has 7 heteroatoms. The summed E-state index contributed by atoms with van der Waals surface area (Å²) in [5.74, 6) is 3.96. The molecule has 20 heavy (non-hydrogen) atoms. The summed E-state index contributed by atoms with van der Waals surface area (Å²) in [5, 5.41) is 11.0. The van der Waals surface area contributed by atoms with Crippen LogP contribution in [0.5, 0.6) is 0 Å². The van der Waals surface area contributed by atoms with Gasteiger partial charge in [-0.15, -0.1) is 0 Å². The Morgan fingerprint density at radius 2 is 2.15 bits per heavy atom. The van der Waals surface area contributed by atoms with Gasteiger partial charge in [0.05, 0.1) is 23.0 Å². The van der Waals surface area contributed by atoms with Crippen LogP contribution in [0.15, 0.2) is 36.5 Å². The summed E-state index contributed by atoms with van der Waals surface area (Å²) >= 11 is 0. The molecule has 6 nitrogen and oxygen atoms in total. The average Bonchev–Trinajstić information content (AvgIpc) is 2.49. The van der Waals surface area contributed by atoms with Gasteiger partial charge in [0.1, 0.15) is 11.5 Å². The van der Waals surface area contributed by atoms with Gasteiger partial charge in [-0.25, -0.2) is 4.39 Å². The first-order valence-corrected chi connectivity index (χ1v) is 5.57. The molecule has 2 rings (SSSR count). The molecule has 0 fully saturated rings. The number of hydrazine groups is 1. The number of nitrogens with zero attached hydrogens (tertiary/aromatic N) is 2. The Morgan fingerprint density at radius 1 is 1.35 bits per heavy atom. The molecule has 100 valence electrons. The molecule has 0 saturated heterocycles. The number of hydrogen-bond acceptors (Lipinski definition) is 5. The van der Waals surface area contributed by atoms with Crippen LogP contribution in [0.1, 0.15) is 16.1 Å². The monoisotopic (exact) mass is 271 g/mol. The fourth-order valence-corrected chi connectivity index (χ4v) is 1.52. The van der Waals surface area contributed by atoms with Crippen LogP contribution < -0.4 is 16.6 Å². The minimum absolute atomic E-state index is 0.0260. The number of halogens is 1. The number of benzene rings is 1. The van der Waals surface area contributed by atoms with Crippen LogP contribution >= 0.6 is 0 Å². The zero-order chi connectivity index (χ0) is 14.5. The van der Waals surface area contributed by atoms with Crippen LogP contribution in [0.3, 0.4) is 0 Å². The Bertz CT molecular complexity index is 695. The van der Waals surface area contributed by atoms with Crippen LogP contribution in [-0.2, 0) is 0 Å². The second-order valence-corrected chi connectivity index (χ2v) is 3.83. The fourth-order valence-electron chi connectivity index (χ4n) is 1.52. The summed E-state index contributed by atoms with van der Waals surface area (Å²) in [7, 11) is 0. The van der Waals surface area contributed by atoms with E-state index in [1.165, 1.54) is 24.4 Å². The van der Waals surface area contributed by atoms with Gasteiger partial charge in [-0.3, -0.25) is 15.6 Å². The molecule has 4 N–H and O–H groups in total. The highest BCUT2D eigenvalue weighted by atomic mass is 19.1. The second-order valence-electron chi connectivity index (χ2n) is 3.83. The zero-order valence-electron chi connectivity index (χ0n) is 10.2. The number of nitrogen functional groups attached to an aromatic ring is 1. The molecule has 0 atom stereocenters. The molecule has 0 unspecified atom stereocenters. The number of hydrogen-bond donors (Lipinski definition) is 3. The zero-order valence-corrected chi connectivity index (χ0v) is 10.2. The maximum atomic E-state index is 13.6. The molecule has 0 aliphatic rings. The van der Waals surface area contributed by atoms with Gasteiger partial charge in [-0.1, -0.05) is 0 Å². The van der Waals surface area contributed by atoms with E-state index in [0.29, 0.717) is 5.69 Å². The third-order valence-corrected chi connectivity index (χ3v) is 2.51. The second kappa shape index (κ2) is 5.77. The van der Waals surface area contributed by atoms with Gasteiger partial charge < -0.3 is 10.7 Å². The van der Waals surface area contributed by atoms with Gasteiger partial charge in [-0.2, -0.15) is 5.26 Å². The molecule has 1 amide bonds. The Hall–Kier alpha value is -2.98. The Kier molecular flexibility index (Phi) is 3.88. The van der Waals surface area contributed by atoms with E-state index >= 15 is 0 Å². The van der Waals surface area contributed by atoms with Gasteiger partial charge in [0.2, 0.25) is 0 Å². The van der Waals surface area contributed by atoms with Gasteiger partial charge in [0, 0.05) is 6.20 Å². The van der Waals surface area contributed by atoms with Gasteiger partial charge in [0.15, 0.2) is 0 Å². The molecule has 0 aliphatic carbocycles. The highest BCUT2D eigenvalue weighted by Gasteiger charge is 2.11. The van der Waals surface area contributed by atoms with Crippen molar-refractivity contribution in [2.24, 2.45) is 5.84 Å². The highest BCUT2D eigenvalue weighted by Crippen LogP contribution is 2.16. The molecule has 1 aromatic carbocycles. The molecule has 0 bridgehead atoms. The number of nitrogens with two attached hydrogens (primary N) is 1. The molecule has 2 aromatic rings. The number of carbonyl (C=O) groups is 1. The standard InChI is InChI=1S/C13H10FN5O/c14-10-5-8(7-15)1-2-11(10)18-13(20)12-6-9(19-16)3-4-17-12/h1-6H,16H2,(H,17,19)(H,18,20). The molecule has 1 heterocycles. The van der Waals surface area contributed by atoms with Gasteiger partial charge in [0.25, 0.3) is 5.91 Å². The third-order valence-electron chi connectivity index (χ3n) is 2.51. The average molecular weight is 271 g/mol. The minimum Gasteiger partial charge on any atom is -0.324 e. The first-order valence-electron chi connectivity index (χ1n) is 5.57. The molecule has 0 saturated carbocycles. The summed E-state index contributed by atoms with van der Waals surface area (Å²) in [6, 6.07) is 8.58. The van der Waals surface area contributed by atoms with E-state index in [9.17, 15) is 9.18 Å². The molecular weight excluding hydrogens is 261 g/mol. The lowest BCUT2D eigenvalue weighted by Gasteiger charge is -2.07. The molecule has 0 spiro atoms. The number of pyridine rings is 1. The number of carbonyl (C=O) groups excluding carboxylic acids is 1. The summed E-state index contributed by atoms with van der Waals surface area (Å²) in [6.45, 7) is 0. The largest absolute Gasteiger partial charge is 0.324 e. The van der Waals surface area contributed by atoms with Crippen molar-refractivity contribution >= 4 is 17.3 Å². The van der Waals surface area contributed by atoms with Gasteiger partial charge in [-0.05, 0) is 30.3 Å². The van der Waals surface area contributed by atoms with Crippen molar-refractivity contribution in [3.8, 4) is 6.07 Å². The Morgan fingerprint density at radius 3 is 2.80 bits per heavy atom. The van der Waals surface area contributed by atoms with E-state index in [4.69, 9.17) is 11.1 Å². The first-order chi connectivity index (χ1) is 9.63. The number of nitriles is 1. The van der Waals surface area contributed by atoms with Crippen molar-refractivity contribution in [1.82, 2.24) is 4.98 Å². The van der Waals surface area contributed by atoms with E-state index in [2.05, 4.69) is 15.7 Å². The minimum atomic E-state index is -0.689. The van der Waals surface area contributed by atoms with Crippen molar-refractivity contribution in [3.05, 3.63) is 53.6 Å². The molecule has 0 radical (unpaired) electrons. The summed E-state index contributed by atoms with van der Waals surface area (Å²) in [6.07, 6.45) is 1.40. The van der Waals surface area contributed by atoms with E-state index in [-0.39, 0.29) is 16.9 Å². The Balaban J connectivity index is 2.21. The topological polar surface area (TPSA) is 104 Å². The van der Waals surface area contributed by atoms with Crippen LogP contribution in [0.2, 0.25) is 0 Å². The smallest absolute Gasteiger partial charge is 0.274 e. The van der Waals surface area contributed by atoms with Crippen LogP contribution in [0, 0.1) is 17.1 Å². The lowest BCUT2D eigenvalue weighted by Crippen LogP contribution is -2.16. The normalized spacial score (nSPS) is 9.65. The van der Waals surface area contributed by atoms with E-state index in [1.807, 2.05) is 6.07 Å². The van der Waals surface area contributed by atoms with E-state index in [0.717, 1.165) is 6.07 Å². The maximum absolute atomic E-state index is 13.6. The fraction of sp³-hybridized carbons (Fsp3) is 0. The summed E-state index contributed by atoms with van der Waals surface area (Å²) in [5.41, 5.74) is 3.12. The number of nitrogens with one attached hydrogen (secondary N) is 2. The third kappa shape index (κ3) is 2.88. The number of amides is 1. The number of rotatable bonds is 3. The quantitative estimate of drug-likeness (QED) is 0.581. The number of aromatic nitrogens is 1. The van der Waals surface area contributed by atoms with Crippen LogP contribution in [0.25, 0.3) is 0 Å². The number of anilines is 2. The van der Waals surface area contributed by atoms with Crippen molar-refractivity contribution in [2.75, 3.05) is 10.7 Å². The van der Waals surface area contributed by atoms with Crippen LogP contribution in [-0.4, -0.2) is 10.9 Å².